The third-order valence-corrected chi connectivity index (χ3v) is 3.44. The molecule has 0 aromatic carbocycles. The van der Waals surface area contributed by atoms with Crippen LogP contribution in [0.3, 0.4) is 0 Å². The Morgan fingerprint density at radius 2 is 1.35 bits per heavy atom. The molecule has 0 aliphatic rings. The van der Waals surface area contributed by atoms with Crippen LogP contribution in [-0.4, -0.2) is 35.5 Å². The SMILES string of the molecule is CCCCCCCCCCCCCOC(=O)[C@H](O)CO. The number of rotatable bonds is 14. The van der Waals surface area contributed by atoms with Crippen molar-refractivity contribution in [3.05, 3.63) is 0 Å². The van der Waals surface area contributed by atoms with E-state index >= 15 is 0 Å². The Morgan fingerprint density at radius 1 is 0.900 bits per heavy atom. The van der Waals surface area contributed by atoms with Crippen molar-refractivity contribution in [2.75, 3.05) is 13.2 Å². The standard InChI is InChI=1S/C16H32O4/c1-2-3-4-5-6-7-8-9-10-11-12-13-20-16(19)15(18)14-17/h15,17-18H,2-14H2,1H3/t15-/m1/s1. The quantitative estimate of drug-likeness (QED) is 0.380. The van der Waals surface area contributed by atoms with E-state index < -0.39 is 18.7 Å². The maximum Gasteiger partial charge on any atom is 0.337 e. The fraction of sp³-hybridized carbons (Fsp3) is 0.938. The van der Waals surface area contributed by atoms with Crippen LogP contribution >= 0.6 is 0 Å². The van der Waals surface area contributed by atoms with Crippen LogP contribution in [0.2, 0.25) is 0 Å². The van der Waals surface area contributed by atoms with E-state index in [1.54, 1.807) is 0 Å². The van der Waals surface area contributed by atoms with Gasteiger partial charge in [-0.15, -0.1) is 0 Å². The van der Waals surface area contributed by atoms with E-state index in [1.165, 1.54) is 57.8 Å². The lowest BCUT2D eigenvalue weighted by Gasteiger charge is -2.07. The molecule has 1 atom stereocenters. The minimum Gasteiger partial charge on any atom is -0.464 e. The summed E-state index contributed by atoms with van der Waals surface area (Å²) in [5.41, 5.74) is 0. The number of carbonyl (C=O) groups excluding carboxylic acids is 1. The molecule has 4 nitrogen and oxygen atoms in total. The van der Waals surface area contributed by atoms with Crippen molar-refractivity contribution in [3.8, 4) is 0 Å². The maximum absolute atomic E-state index is 11.0. The molecule has 0 amide bonds. The second-order valence-corrected chi connectivity index (χ2v) is 5.40. The molecule has 0 spiro atoms. The topological polar surface area (TPSA) is 66.8 Å². The molecule has 0 unspecified atom stereocenters. The minimum absolute atomic E-state index is 0.340. The molecule has 20 heavy (non-hydrogen) atoms. The Morgan fingerprint density at radius 3 is 1.80 bits per heavy atom. The van der Waals surface area contributed by atoms with Crippen molar-refractivity contribution in [2.24, 2.45) is 0 Å². The van der Waals surface area contributed by atoms with Crippen molar-refractivity contribution in [1.82, 2.24) is 0 Å². The number of carbonyl (C=O) groups is 1. The molecule has 0 aliphatic heterocycles. The molecule has 0 saturated heterocycles. The van der Waals surface area contributed by atoms with Gasteiger partial charge in [0.25, 0.3) is 0 Å². The molecular weight excluding hydrogens is 256 g/mol. The van der Waals surface area contributed by atoms with E-state index in [9.17, 15) is 4.79 Å². The molecule has 4 heteroatoms. The van der Waals surface area contributed by atoms with E-state index in [0.29, 0.717) is 6.61 Å². The minimum atomic E-state index is -1.39. The summed E-state index contributed by atoms with van der Waals surface area (Å²) in [7, 11) is 0. The summed E-state index contributed by atoms with van der Waals surface area (Å²) in [4.78, 5) is 11.0. The van der Waals surface area contributed by atoms with Crippen molar-refractivity contribution >= 4 is 5.97 Å². The van der Waals surface area contributed by atoms with Crippen molar-refractivity contribution in [3.63, 3.8) is 0 Å². The zero-order valence-electron chi connectivity index (χ0n) is 13.0. The third kappa shape index (κ3) is 12.4. The fourth-order valence-electron chi connectivity index (χ4n) is 2.11. The van der Waals surface area contributed by atoms with Crippen LogP contribution in [-0.2, 0) is 9.53 Å². The largest absolute Gasteiger partial charge is 0.464 e. The predicted molar refractivity (Wildman–Crippen MR) is 80.5 cm³/mol. The fourth-order valence-corrected chi connectivity index (χ4v) is 2.11. The van der Waals surface area contributed by atoms with E-state index in [-0.39, 0.29) is 0 Å². The van der Waals surface area contributed by atoms with E-state index in [2.05, 4.69) is 6.92 Å². The van der Waals surface area contributed by atoms with Crippen LogP contribution in [0.15, 0.2) is 0 Å². The molecule has 0 fully saturated rings. The first-order valence-electron chi connectivity index (χ1n) is 8.18. The Hall–Kier alpha value is -0.610. The van der Waals surface area contributed by atoms with Crippen molar-refractivity contribution in [2.45, 2.75) is 83.7 Å². The van der Waals surface area contributed by atoms with Crippen LogP contribution < -0.4 is 0 Å². The van der Waals surface area contributed by atoms with Crippen LogP contribution in [0.1, 0.15) is 77.6 Å². The van der Waals surface area contributed by atoms with E-state index in [0.717, 1.165) is 12.8 Å². The normalized spacial score (nSPS) is 12.3. The van der Waals surface area contributed by atoms with Crippen molar-refractivity contribution < 1.29 is 19.7 Å². The van der Waals surface area contributed by atoms with Crippen molar-refractivity contribution in [1.29, 1.82) is 0 Å². The molecule has 0 aromatic rings. The Bertz CT molecular complexity index is 219. The zero-order chi connectivity index (χ0) is 15.1. The lowest BCUT2D eigenvalue weighted by atomic mass is 10.1. The second kappa shape index (κ2) is 14.8. The van der Waals surface area contributed by atoms with Gasteiger partial charge in [0, 0.05) is 0 Å². The molecule has 2 N–H and O–H groups in total. The van der Waals surface area contributed by atoms with Gasteiger partial charge in [0.05, 0.1) is 13.2 Å². The highest BCUT2D eigenvalue weighted by Gasteiger charge is 2.14. The highest BCUT2D eigenvalue weighted by atomic mass is 16.5. The highest BCUT2D eigenvalue weighted by molar-refractivity contribution is 5.74. The summed E-state index contributed by atoms with van der Waals surface area (Å²) in [5.74, 6) is -0.723. The number of ether oxygens (including phenoxy) is 1. The summed E-state index contributed by atoms with van der Waals surface area (Å²) in [6, 6.07) is 0. The van der Waals surface area contributed by atoms with Crippen LogP contribution in [0.5, 0.6) is 0 Å². The summed E-state index contributed by atoms with van der Waals surface area (Å²) in [6.07, 6.45) is 12.3. The first kappa shape index (κ1) is 19.4. The third-order valence-electron chi connectivity index (χ3n) is 3.44. The number of esters is 1. The molecule has 0 aromatic heterocycles. The van der Waals surface area contributed by atoms with Gasteiger partial charge >= 0.3 is 5.97 Å². The summed E-state index contributed by atoms with van der Waals surface area (Å²) in [6.45, 7) is 2.01. The molecule has 0 heterocycles. The summed E-state index contributed by atoms with van der Waals surface area (Å²) < 4.78 is 4.83. The molecule has 0 aliphatic carbocycles. The monoisotopic (exact) mass is 288 g/mol. The number of unbranched alkanes of at least 4 members (excludes halogenated alkanes) is 10. The lowest BCUT2D eigenvalue weighted by Crippen LogP contribution is -2.26. The molecule has 0 saturated carbocycles. The van der Waals surface area contributed by atoms with Gasteiger partial charge in [-0.1, -0.05) is 71.1 Å². The summed E-state index contributed by atoms with van der Waals surface area (Å²) >= 11 is 0. The van der Waals surface area contributed by atoms with E-state index in [1.807, 2.05) is 0 Å². The molecule has 120 valence electrons. The first-order valence-corrected chi connectivity index (χ1v) is 8.18. The number of hydrogen-bond acceptors (Lipinski definition) is 4. The Balaban J connectivity index is 3.11. The average Bonchev–Trinajstić information content (AvgIpc) is 2.47. The molecule has 0 rings (SSSR count). The Labute approximate surface area is 123 Å². The Kier molecular flexibility index (Phi) is 14.3. The average molecular weight is 288 g/mol. The van der Waals surface area contributed by atoms with Gasteiger partial charge in [-0.25, -0.2) is 4.79 Å². The highest BCUT2D eigenvalue weighted by Crippen LogP contribution is 2.11. The predicted octanol–water partition coefficient (Wildman–Crippen LogP) is 3.19. The van der Waals surface area contributed by atoms with E-state index in [4.69, 9.17) is 14.9 Å². The summed E-state index contributed by atoms with van der Waals surface area (Å²) in [5, 5.41) is 17.5. The number of hydrogen-bond donors (Lipinski definition) is 2. The van der Waals surface area contributed by atoms with Gasteiger partial charge < -0.3 is 14.9 Å². The van der Waals surface area contributed by atoms with Crippen LogP contribution in [0, 0.1) is 0 Å². The smallest absolute Gasteiger partial charge is 0.337 e. The van der Waals surface area contributed by atoms with Crippen LogP contribution in [0.4, 0.5) is 0 Å². The molecular formula is C16H32O4. The van der Waals surface area contributed by atoms with Crippen LogP contribution in [0.25, 0.3) is 0 Å². The van der Waals surface area contributed by atoms with Gasteiger partial charge in [-0.3, -0.25) is 0 Å². The van der Waals surface area contributed by atoms with Gasteiger partial charge in [0.15, 0.2) is 6.10 Å². The lowest BCUT2D eigenvalue weighted by molar-refractivity contribution is -0.155. The number of aliphatic hydroxyl groups excluding tert-OH is 2. The second-order valence-electron chi connectivity index (χ2n) is 5.40. The van der Waals surface area contributed by atoms with Gasteiger partial charge in [-0.05, 0) is 6.42 Å². The maximum atomic E-state index is 11.0. The molecule has 0 bridgehead atoms. The van der Waals surface area contributed by atoms with Gasteiger partial charge in [0.2, 0.25) is 0 Å². The van der Waals surface area contributed by atoms with Gasteiger partial charge in [-0.2, -0.15) is 0 Å². The zero-order valence-corrected chi connectivity index (χ0v) is 13.0. The first-order chi connectivity index (χ1) is 9.72. The number of aliphatic hydroxyl groups is 2. The molecule has 0 radical (unpaired) electrons. The van der Waals surface area contributed by atoms with Gasteiger partial charge in [0.1, 0.15) is 0 Å².